The van der Waals surface area contributed by atoms with Crippen molar-refractivity contribution in [2.24, 2.45) is 0 Å². The van der Waals surface area contributed by atoms with Crippen molar-refractivity contribution in [1.29, 1.82) is 0 Å². The smallest absolute Gasteiger partial charge is 0.303 e. The van der Waals surface area contributed by atoms with E-state index >= 15 is 0 Å². The van der Waals surface area contributed by atoms with E-state index in [0.717, 1.165) is 12.0 Å². The van der Waals surface area contributed by atoms with E-state index in [2.05, 4.69) is 11.9 Å². The molecule has 0 aromatic heterocycles. The molecule has 0 saturated heterocycles. The lowest BCUT2D eigenvalue weighted by Gasteiger charge is -2.12. The Balaban J connectivity index is 2.44. The first-order valence-corrected chi connectivity index (χ1v) is 6.96. The van der Waals surface area contributed by atoms with Crippen LogP contribution in [-0.4, -0.2) is 37.2 Å². The zero-order valence-electron chi connectivity index (χ0n) is 12.6. The lowest BCUT2D eigenvalue weighted by atomic mass is 10.1. The average molecular weight is 307 g/mol. The maximum atomic E-state index is 11.6. The van der Waals surface area contributed by atoms with E-state index in [9.17, 15) is 9.59 Å². The summed E-state index contributed by atoms with van der Waals surface area (Å²) in [6.07, 6.45) is 2.93. The van der Waals surface area contributed by atoms with Gasteiger partial charge in [-0.3, -0.25) is 9.59 Å². The largest absolute Gasteiger partial charge is 0.493 e. The van der Waals surface area contributed by atoms with Crippen LogP contribution in [0.1, 0.15) is 18.4 Å². The molecule has 0 aliphatic heterocycles. The van der Waals surface area contributed by atoms with Crippen molar-refractivity contribution in [1.82, 2.24) is 5.32 Å². The Kier molecular flexibility index (Phi) is 7.53. The summed E-state index contributed by atoms with van der Waals surface area (Å²) in [5, 5.41) is 11.1. The summed E-state index contributed by atoms with van der Waals surface area (Å²) in [6.45, 7) is 3.84. The molecule has 0 aliphatic rings. The lowest BCUT2D eigenvalue weighted by Crippen LogP contribution is -2.30. The van der Waals surface area contributed by atoms with Crippen LogP contribution in [0.4, 0.5) is 0 Å². The van der Waals surface area contributed by atoms with Gasteiger partial charge in [0.25, 0.3) is 5.91 Å². The SMILES string of the molecule is C=CCc1ccc(OCC(=O)NCCCC(=O)O)c(OC)c1. The van der Waals surface area contributed by atoms with Gasteiger partial charge in [0.05, 0.1) is 7.11 Å². The number of allylic oxidation sites excluding steroid dienone is 1. The second kappa shape index (κ2) is 9.44. The van der Waals surface area contributed by atoms with Gasteiger partial charge >= 0.3 is 5.97 Å². The predicted octanol–water partition coefficient (Wildman–Crippen LogP) is 1.78. The molecule has 1 aromatic rings. The number of hydrogen-bond donors (Lipinski definition) is 2. The molecule has 1 amide bonds. The second-order valence-electron chi connectivity index (χ2n) is 4.61. The summed E-state index contributed by atoms with van der Waals surface area (Å²) < 4.78 is 10.7. The fourth-order valence-electron chi connectivity index (χ4n) is 1.79. The van der Waals surface area contributed by atoms with E-state index in [0.29, 0.717) is 24.5 Å². The molecule has 1 aromatic carbocycles. The third kappa shape index (κ3) is 6.30. The topological polar surface area (TPSA) is 84.9 Å². The predicted molar refractivity (Wildman–Crippen MR) is 82.3 cm³/mol. The number of rotatable bonds is 10. The van der Waals surface area contributed by atoms with Crippen LogP contribution in [0.2, 0.25) is 0 Å². The number of amides is 1. The average Bonchev–Trinajstić information content (AvgIpc) is 2.50. The van der Waals surface area contributed by atoms with Crippen molar-refractivity contribution in [3.8, 4) is 11.5 Å². The normalized spacial score (nSPS) is 9.86. The lowest BCUT2D eigenvalue weighted by molar-refractivity contribution is -0.137. The maximum Gasteiger partial charge on any atom is 0.303 e. The van der Waals surface area contributed by atoms with Crippen LogP contribution in [0.3, 0.4) is 0 Å². The number of aliphatic carboxylic acids is 1. The quantitative estimate of drug-likeness (QED) is 0.508. The van der Waals surface area contributed by atoms with Crippen LogP contribution in [-0.2, 0) is 16.0 Å². The first-order chi connectivity index (χ1) is 10.6. The van der Waals surface area contributed by atoms with Gasteiger partial charge in [-0.2, -0.15) is 0 Å². The Bertz CT molecular complexity index is 527. The summed E-state index contributed by atoms with van der Waals surface area (Å²) in [7, 11) is 1.53. The Morgan fingerprint density at radius 2 is 2.14 bits per heavy atom. The van der Waals surface area contributed by atoms with Gasteiger partial charge in [-0.1, -0.05) is 12.1 Å². The third-order valence-electron chi connectivity index (χ3n) is 2.86. The fourth-order valence-corrected chi connectivity index (χ4v) is 1.79. The Hall–Kier alpha value is -2.50. The summed E-state index contributed by atoms with van der Waals surface area (Å²) in [5.74, 6) is -0.147. The molecule has 0 radical (unpaired) electrons. The first kappa shape index (κ1) is 17.6. The van der Waals surface area contributed by atoms with Gasteiger partial charge < -0.3 is 19.9 Å². The highest BCUT2D eigenvalue weighted by Gasteiger charge is 2.08. The van der Waals surface area contributed by atoms with E-state index in [4.69, 9.17) is 14.6 Å². The van der Waals surface area contributed by atoms with Crippen molar-refractivity contribution in [2.45, 2.75) is 19.3 Å². The monoisotopic (exact) mass is 307 g/mol. The van der Waals surface area contributed by atoms with Crippen LogP contribution < -0.4 is 14.8 Å². The molecule has 0 heterocycles. The first-order valence-electron chi connectivity index (χ1n) is 6.96. The molecule has 6 nitrogen and oxygen atoms in total. The molecule has 0 saturated carbocycles. The van der Waals surface area contributed by atoms with Crippen LogP contribution in [0.5, 0.6) is 11.5 Å². The number of carbonyl (C=O) groups excluding carboxylic acids is 1. The van der Waals surface area contributed by atoms with Gasteiger partial charge in [-0.05, 0) is 30.5 Å². The highest BCUT2D eigenvalue weighted by molar-refractivity contribution is 5.77. The zero-order chi connectivity index (χ0) is 16.4. The highest BCUT2D eigenvalue weighted by atomic mass is 16.5. The van der Waals surface area contributed by atoms with Crippen LogP contribution >= 0.6 is 0 Å². The molecule has 0 fully saturated rings. The molecule has 120 valence electrons. The molecule has 0 atom stereocenters. The number of ether oxygens (including phenoxy) is 2. The summed E-state index contributed by atoms with van der Waals surface area (Å²) in [4.78, 5) is 21.9. The van der Waals surface area contributed by atoms with Crippen molar-refractivity contribution >= 4 is 11.9 Å². The van der Waals surface area contributed by atoms with Gasteiger partial charge in [0.1, 0.15) is 0 Å². The standard InChI is InChI=1S/C16H21NO5/c1-3-5-12-7-8-13(14(10-12)21-2)22-11-15(18)17-9-4-6-16(19)20/h3,7-8,10H,1,4-6,9,11H2,2H3,(H,17,18)(H,19,20). The number of hydrogen-bond acceptors (Lipinski definition) is 4. The van der Waals surface area contributed by atoms with E-state index in [1.807, 2.05) is 12.1 Å². The molecule has 0 spiro atoms. The minimum absolute atomic E-state index is 0.0275. The van der Waals surface area contributed by atoms with Gasteiger partial charge in [0, 0.05) is 13.0 Å². The van der Waals surface area contributed by atoms with Crippen molar-refractivity contribution in [2.75, 3.05) is 20.3 Å². The van der Waals surface area contributed by atoms with Crippen molar-refractivity contribution in [3.63, 3.8) is 0 Å². The van der Waals surface area contributed by atoms with Crippen LogP contribution in [0.15, 0.2) is 30.9 Å². The van der Waals surface area contributed by atoms with Gasteiger partial charge in [0.15, 0.2) is 18.1 Å². The zero-order valence-corrected chi connectivity index (χ0v) is 12.6. The number of benzene rings is 1. The van der Waals surface area contributed by atoms with E-state index in [1.165, 1.54) is 7.11 Å². The Labute approximate surface area is 129 Å². The molecule has 1 rings (SSSR count). The third-order valence-corrected chi connectivity index (χ3v) is 2.86. The Morgan fingerprint density at radius 1 is 1.36 bits per heavy atom. The number of carboxylic acids is 1. The summed E-state index contributed by atoms with van der Waals surface area (Å²) in [6, 6.07) is 5.46. The molecule has 22 heavy (non-hydrogen) atoms. The second-order valence-corrected chi connectivity index (χ2v) is 4.61. The molecule has 6 heteroatoms. The number of nitrogens with one attached hydrogen (secondary N) is 1. The molecule has 0 unspecified atom stereocenters. The number of carbonyl (C=O) groups is 2. The molecular formula is C16H21NO5. The summed E-state index contributed by atoms with van der Waals surface area (Å²) >= 11 is 0. The van der Waals surface area contributed by atoms with Gasteiger partial charge in [-0.25, -0.2) is 0 Å². The fraction of sp³-hybridized carbons (Fsp3) is 0.375. The number of methoxy groups -OCH3 is 1. The van der Waals surface area contributed by atoms with Crippen molar-refractivity contribution in [3.05, 3.63) is 36.4 Å². The van der Waals surface area contributed by atoms with Crippen LogP contribution in [0, 0.1) is 0 Å². The van der Waals surface area contributed by atoms with E-state index in [1.54, 1.807) is 12.1 Å². The van der Waals surface area contributed by atoms with Crippen molar-refractivity contribution < 1.29 is 24.2 Å². The molecule has 0 aliphatic carbocycles. The van der Waals surface area contributed by atoms with Gasteiger partial charge in [0.2, 0.25) is 0 Å². The van der Waals surface area contributed by atoms with E-state index in [-0.39, 0.29) is 18.9 Å². The minimum Gasteiger partial charge on any atom is -0.493 e. The molecule has 2 N–H and O–H groups in total. The van der Waals surface area contributed by atoms with Crippen LogP contribution in [0.25, 0.3) is 0 Å². The molecular weight excluding hydrogens is 286 g/mol. The highest BCUT2D eigenvalue weighted by Crippen LogP contribution is 2.28. The summed E-state index contributed by atoms with van der Waals surface area (Å²) in [5.41, 5.74) is 1.04. The van der Waals surface area contributed by atoms with Gasteiger partial charge in [-0.15, -0.1) is 6.58 Å². The Morgan fingerprint density at radius 3 is 2.77 bits per heavy atom. The number of carboxylic acid groups (broad SMARTS) is 1. The molecule has 0 bridgehead atoms. The minimum atomic E-state index is -0.880. The van der Waals surface area contributed by atoms with E-state index < -0.39 is 5.97 Å². The maximum absolute atomic E-state index is 11.6.